The molecule has 0 aromatic carbocycles. The van der Waals surface area contributed by atoms with Crippen molar-refractivity contribution >= 4 is 11.5 Å². The molecule has 0 saturated heterocycles. The summed E-state index contributed by atoms with van der Waals surface area (Å²) in [5.74, 6) is 2.28. The van der Waals surface area contributed by atoms with Crippen molar-refractivity contribution in [3.8, 4) is 5.75 Å². The molecule has 5 heteroatoms. The molecule has 0 unspecified atom stereocenters. The van der Waals surface area contributed by atoms with E-state index >= 15 is 0 Å². The first-order chi connectivity index (χ1) is 10.1. The van der Waals surface area contributed by atoms with Crippen molar-refractivity contribution in [2.75, 3.05) is 4.90 Å². The highest BCUT2D eigenvalue weighted by Crippen LogP contribution is 2.43. The minimum Gasteiger partial charge on any atom is -0.483 e. The van der Waals surface area contributed by atoms with E-state index in [2.05, 4.69) is 37.7 Å². The monoisotopic (exact) mass is 286 g/mol. The van der Waals surface area contributed by atoms with Crippen molar-refractivity contribution in [1.82, 2.24) is 14.6 Å². The number of ether oxygens (including phenoxy) is 1. The Morgan fingerprint density at radius 3 is 2.67 bits per heavy atom. The van der Waals surface area contributed by atoms with E-state index in [1.807, 2.05) is 16.9 Å². The summed E-state index contributed by atoms with van der Waals surface area (Å²) < 4.78 is 7.98. The lowest BCUT2D eigenvalue weighted by Crippen LogP contribution is -2.58. The van der Waals surface area contributed by atoms with E-state index in [9.17, 15) is 0 Å². The van der Waals surface area contributed by atoms with Crippen LogP contribution in [0.2, 0.25) is 0 Å². The molecular weight excluding hydrogens is 264 g/mol. The molecule has 1 saturated carbocycles. The van der Waals surface area contributed by atoms with Gasteiger partial charge in [0.2, 0.25) is 0 Å². The third-order valence-corrected chi connectivity index (χ3v) is 4.70. The zero-order chi connectivity index (χ0) is 14.7. The molecule has 0 radical (unpaired) electrons. The predicted octanol–water partition coefficient (Wildman–Crippen LogP) is 2.99. The molecular formula is C16H22N4O. The molecule has 3 heterocycles. The Hall–Kier alpha value is -1.78. The number of anilines is 1. The summed E-state index contributed by atoms with van der Waals surface area (Å²) in [7, 11) is 0. The van der Waals surface area contributed by atoms with Gasteiger partial charge in [0.1, 0.15) is 6.10 Å². The van der Waals surface area contributed by atoms with E-state index in [4.69, 9.17) is 9.72 Å². The lowest BCUT2D eigenvalue weighted by Gasteiger charge is -2.50. The van der Waals surface area contributed by atoms with Crippen molar-refractivity contribution in [3.05, 3.63) is 18.0 Å². The number of hydrogen-bond acceptors (Lipinski definition) is 4. The van der Waals surface area contributed by atoms with Gasteiger partial charge >= 0.3 is 0 Å². The highest BCUT2D eigenvalue weighted by atomic mass is 16.5. The van der Waals surface area contributed by atoms with Crippen LogP contribution in [-0.2, 0) is 0 Å². The maximum absolute atomic E-state index is 6.12. The van der Waals surface area contributed by atoms with Crippen LogP contribution < -0.4 is 9.64 Å². The third kappa shape index (κ3) is 1.76. The van der Waals surface area contributed by atoms with Gasteiger partial charge in [0.15, 0.2) is 17.2 Å². The van der Waals surface area contributed by atoms with Crippen LogP contribution in [0, 0.1) is 0 Å². The van der Waals surface area contributed by atoms with Crippen LogP contribution in [0.5, 0.6) is 5.75 Å². The van der Waals surface area contributed by atoms with Crippen LogP contribution >= 0.6 is 0 Å². The molecule has 1 aliphatic carbocycles. The van der Waals surface area contributed by atoms with E-state index in [-0.39, 0.29) is 0 Å². The van der Waals surface area contributed by atoms with Crippen molar-refractivity contribution in [2.24, 2.45) is 0 Å². The van der Waals surface area contributed by atoms with Gasteiger partial charge in [0.05, 0.1) is 18.4 Å². The Morgan fingerprint density at radius 1 is 1.24 bits per heavy atom. The average molecular weight is 286 g/mol. The molecule has 2 aliphatic rings. The zero-order valence-corrected chi connectivity index (χ0v) is 13.1. The van der Waals surface area contributed by atoms with E-state index < -0.39 is 0 Å². The molecule has 4 rings (SSSR count). The number of rotatable bonds is 2. The van der Waals surface area contributed by atoms with Crippen LogP contribution in [0.1, 0.15) is 52.0 Å². The minimum absolute atomic E-state index is 0.319. The van der Waals surface area contributed by atoms with E-state index in [1.165, 1.54) is 12.0 Å². The van der Waals surface area contributed by atoms with Crippen LogP contribution in [-0.4, -0.2) is 32.8 Å². The number of fused-ring (bicyclic) bond motifs is 3. The second-order valence-electron chi connectivity index (χ2n) is 6.75. The highest BCUT2D eigenvalue weighted by Gasteiger charge is 2.44. The van der Waals surface area contributed by atoms with Gasteiger partial charge in [0, 0.05) is 11.6 Å². The van der Waals surface area contributed by atoms with Gasteiger partial charge in [-0.2, -0.15) is 5.10 Å². The summed E-state index contributed by atoms with van der Waals surface area (Å²) >= 11 is 0. The highest BCUT2D eigenvalue weighted by molar-refractivity contribution is 5.63. The molecule has 0 bridgehead atoms. The Bertz CT molecular complexity index is 691. The number of nitrogens with zero attached hydrogens (tertiary/aromatic N) is 4. The fraction of sp³-hybridized carbons (Fsp3) is 0.625. The second-order valence-corrected chi connectivity index (χ2v) is 6.75. The lowest BCUT2D eigenvalue weighted by molar-refractivity contribution is 0.0689. The second kappa shape index (κ2) is 4.36. The SMILES string of the molecule is CC(C)c1cnn2cc3c(nc12)N(C(C)C)[C@H]1CC[C@@H]1O3. The Labute approximate surface area is 124 Å². The van der Waals surface area contributed by atoms with Gasteiger partial charge in [-0.3, -0.25) is 0 Å². The van der Waals surface area contributed by atoms with Crippen molar-refractivity contribution in [2.45, 2.75) is 64.6 Å². The number of aromatic nitrogens is 3. The molecule has 2 atom stereocenters. The smallest absolute Gasteiger partial charge is 0.180 e. The van der Waals surface area contributed by atoms with Gasteiger partial charge in [0.25, 0.3) is 0 Å². The van der Waals surface area contributed by atoms with Gasteiger partial charge in [-0.1, -0.05) is 13.8 Å². The number of hydrogen-bond donors (Lipinski definition) is 0. The van der Waals surface area contributed by atoms with Crippen LogP contribution in [0.3, 0.4) is 0 Å². The van der Waals surface area contributed by atoms with E-state index in [0.717, 1.165) is 23.6 Å². The van der Waals surface area contributed by atoms with Crippen LogP contribution in [0.4, 0.5) is 5.82 Å². The molecule has 5 nitrogen and oxygen atoms in total. The molecule has 112 valence electrons. The van der Waals surface area contributed by atoms with Gasteiger partial charge in [-0.15, -0.1) is 0 Å². The first kappa shape index (κ1) is 12.9. The average Bonchev–Trinajstić information content (AvgIpc) is 2.81. The standard InChI is InChI=1S/C16H22N4O/c1-9(2)11-7-17-19-8-14-16(18-15(11)19)20(10(3)4)12-5-6-13(12)21-14/h7-10,12-13H,5-6H2,1-4H3/t12-,13-/m0/s1. The molecule has 0 spiro atoms. The molecule has 2 aromatic heterocycles. The summed E-state index contributed by atoms with van der Waals surface area (Å²) in [6, 6.07) is 0.915. The quantitative estimate of drug-likeness (QED) is 0.851. The van der Waals surface area contributed by atoms with Crippen LogP contribution in [0.25, 0.3) is 5.65 Å². The maximum Gasteiger partial charge on any atom is 0.180 e. The first-order valence-electron chi connectivity index (χ1n) is 7.89. The van der Waals surface area contributed by atoms with Crippen molar-refractivity contribution < 1.29 is 4.74 Å². The molecule has 0 N–H and O–H groups in total. The molecule has 1 aliphatic heterocycles. The van der Waals surface area contributed by atoms with Gasteiger partial charge in [-0.25, -0.2) is 9.50 Å². The molecule has 0 amide bonds. The van der Waals surface area contributed by atoms with Crippen LogP contribution in [0.15, 0.2) is 12.4 Å². The predicted molar refractivity (Wildman–Crippen MR) is 82.1 cm³/mol. The molecule has 1 fully saturated rings. The van der Waals surface area contributed by atoms with Gasteiger partial charge < -0.3 is 9.64 Å². The van der Waals surface area contributed by atoms with Crippen molar-refractivity contribution in [1.29, 1.82) is 0 Å². The fourth-order valence-electron chi connectivity index (χ4n) is 3.43. The maximum atomic E-state index is 6.12. The topological polar surface area (TPSA) is 42.7 Å². The zero-order valence-electron chi connectivity index (χ0n) is 13.1. The lowest BCUT2D eigenvalue weighted by atomic mass is 9.85. The first-order valence-corrected chi connectivity index (χ1v) is 7.89. The molecule has 2 aromatic rings. The normalized spacial score (nSPS) is 24.0. The molecule has 21 heavy (non-hydrogen) atoms. The largest absolute Gasteiger partial charge is 0.483 e. The summed E-state index contributed by atoms with van der Waals surface area (Å²) in [6.07, 6.45) is 6.58. The summed E-state index contributed by atoms with van der Waals surface area (Å²) in [4.78, 5) is 7.35. The minimum atomic E-state index is 0.319. The van der Waals surface area contributed by atoms with E-state index in [0.29, 0.717) is 24.1 Å². The summed E-state index contributed by atoms with van der Waals surface area (Å²) in [5, 5.41) is 4.44. The summed E-state index contributed by atoms with van der Waals surface area (Å²) in [5.41, 5.74) is 2.15. The fourth-order valence-corrected chi connectivity index (χ4v) is 3.43. The summed E-state index contributed by atoms with van der Waals surface area (Å²) in [6.45, 7) is 8.82. The van der Waals surface area contributed by atoms with E-state index in [1.54, 1.807) is 0 Å². The Balaban J connectivity index is 1.90. The van der Waals surface area contributed by atoms with Gasteiger partial charge in [-0.05, 0) is 32.6 Å². The third-order valence-electron chi connectivity index (χ3n) is 4.70. The Kier molecular flexibility index (Phi) is 2.68. The van der Waals surface area contributed by atoms with Crippen molar-refractivity contribution in [3.63, 3.8) is 0 Å². The Morgan fingerprint density at radius 2 is 2.05 bits per heavy atom.